The molecule has 7 N–H and O–H groups in total. The minimum Gasteiger partial charge on any atom is -0.444 e. The van der Waals surface area contributed by atoms with Crippen molar-refractivity contribution in [2.24, 2.45) is 17.0 Å². The van der Waals surface area contributed by atoms with Crippen molar-refractivity contribution in [3.63, 3.8) is 0 Å². The lowest BCUT2D eigenvalue weighted by Gasteiger charge is -2.35. The number of rotatable bonds is 19. The monoisotopic (exact) mass is 739 g/mol. The third-order valence-electron chi connectivity index (χ3n) is 9.04. The predicted octanol–water partition coefficient (Wildman–Crippen LogP) is 3.59. The molecule has 5 atom stereocenters. The number of aromatic nitrogens is 2. The summed E-state index contributed by atoms with van der Waals surface area (Å²) in [5.74, 6) is -1.86. The molecule has 1 saturated carbocycles. The van der Waals surface area contributed by atoms with Gasteiger partial charge in [-0.1, -0.05) is 81.4 Å². The third-order valence-corrected chi connectivity index (χ3v) is 9.04. The number of benzene rings is 1. The van der Waals surface area contributed by atoms with E-state index in [9.17, 15) is 29.4 Å². The number of amides is 4. The SMILES string of the molecule is CC(C)CNC(=O)[C@@](O)(CN=[N+]=[N-])C[C@H](O)[C@H](CC1CCCCC1)NC(=O)[C@H](Cc1cnc[nH]1)NC(=O)[C@H](Cc1ccccc1)NC(=O)OC(C)(C)C. The van der Waals surface area contributed by atoms with Gasteiger partial charge in [-0.2, -0.15) is 0 Å². The molecule has 1 aliphatic rings. The average Bonchev–Trinajstić information content (AvgIpc) is 3.62. The van der Waals surface area contributed by atoms with E-state index in [1.807, 2.05) is 44.2 Å². The smallest absolute Gasteiger partial charge is 0.408 e. The maximum atomic E-state index is 14.2. The summed E-state index contributed by atoms with van der Waals surface area (Å²) in [5.41, 5.74) is 7.22. The number of azide groups is 1. The molecule has 0 unspecified atom stereocenters. The number of ether oxygens (including phenoxy) is 1. The zero-order valence-electron chi connectivity index (χ0n) is 31.5. The molecule has 3 rings (SSSR count). The number of hydrogen-bond acceptors (Lipinski definition) is 9. The van der Waals surface area contributed by atoms with Gasteiger partial charge in [0.25, 0.3) is 5.91 Å². The summed E-state index contributed by atoms with van der Waals surface area (Å²) in [7, 11) is 0. The highest BCUT2D eigenvalue weighted by Crippen LogP contribution is 2.29. The molecular weight excluding hydrogens is 682 g/mol. The van der Waals surface area contributed by atoms with Crippen molar-refractivity contribution in [3.8, 4) is 0 Å². The second-order valence-corrected chi connectivity index (χ2v) is 15.4. The zero-order valence-corrected chi connectivity index (χ0v) is 31.5. The highest BCUT2D eigenvalue weighted by Gasteiger charge is 2.41. The maximum Gasteiger partial charge on any atom is 0.408 e. The van der Waals surface area contributed by atoms with Crippen LogP contribution in [0.4, 0.5) is 4.79 Å². The Morgan fingerprint density at radius 1 is 1.02 bits per heavy atom. The Labute approximate surface area is 311 Å². The Kier molecular flexibility index (Phi) is 16.6. The van der Waals surface area contributed by atoms with E-state index in [0.717, 1.165) is 37.7 Å². The maximum absolute atomic E-state index is 14.2. The van der Waals surface area contributed by atoms with Gasteiger partial charge in [-0.3, -0.25) is 14.4 Å². The summed E-state index contributed by atoms with van der Waals surface area (Å²) < 4.78 is 5.43. The summed E-state index contributed by atoms with van der Waals surface area (Å²) in [4.78, 5) is 63.9. The average molecular weight is 740 g/mol. The fourth-order valence-electron chi connectivity index (χ4n) is 6.31. The van der Waals surface area contributed by atoms with Crippen LogP contribution in [0.25, 0.3) is 10.4 Å². The molecule has 0 aliphatic heterocycles. The molecular formula is C37H57N9O7. The number of aromatic amines is 1. The summed E-state index contributed by atoms with van der Waals surface area (Å²) >= 11 is 0. The molecule has 1 fully saturated rings. The van der Waals surface area contributed by atoms with Crippen LogP contribution in [0.5, 0.6) is 0 Å². The predicted molar refractivity (Wildman–Crippen MR) is 198 cm³/mol. The van der Waals surface area contributed by atoms with Crippen molar-refractivity contribution in [3.05, 3.63) is 64.6 Å². The first-order chi connectivity index (χ1) is 25.1. The largest absolute Gasteiger partial charge is 0.444 e. The zero-order chi connectivity index (χ0) is 39.0. The number of aliphatic hydroxyl groups is 2. The van der Waals surface area contributed by atoms with Crippen molar-refractivity contribution in [2.45, 2.75) is 128 Å². The van der Waals surface area contributed by atoms with Crippen LogP contribution in [0.1, 0.15) is 90.8 Å². The first kappa shape index (κ1) is 42.8. The van der Waals surface area contributed by atoms with Crippen LogP contribution in [0.2, 0.25) is 0 Å². The van der Waals surface area contributed by atoms with Crippen LogP contribution in [0.15, 0.2) is 48.0 Å². The van der Waals surface area contributed by atoms with Crippen molar-refractivity contribution in [1.29, 1.82) is 0 Å². The molecule has 4 amide bonds. The van der Waals surface area contributed by atoms with E-state index < -0.39 is 72.2 Å². The van der Waals surface area contributed by atoms with Gasteiger partial charge < -0.3 is 41.2 Å². The molecule has 0 spiro atoms. The van der Waals surface area contributed by atoms with E-state index in [2.05, 4.69) is 41.3 Å². The lowest BCUT2D eigenvalue weighted by atomic mass is 9.81. The summed E-state index contributed by atoms with van der Waals surface area (Å²) in [6.07, 6.45) is 5.47. The molecule has 53 heavy (non-hydrogen) atoms. The van der Waals surface area contributed by atoms with E-state index in [4.69, 9.17) is 10.3 Å². The van der Waals surface area contributed by atoms with Crippen molar-refractivity contribution >= 4 is 23.8 Å². The van der Waals surface area contributed by atoms with Crippen LogP contribution in [0, 0.1) is 11.8 Å². The standard InChI is InChI=1S/C37H57N9O7/c1-24(2)20-40-34(50)37(52,22-42-46-38)19-31(47)28(16-25-12-8-6-9-13-25)43-33(49)30(18-27-21-39-23-41-27)44-32(48)29(17-26-14-10-7-11-15-26)45-35(51)53-36(3,4)5/h7,10-11,14-15,21,23-25,28-31,47,52H,6,8-9,12-13,16-20,22H2,1-5H3,(H,39,41)(H,40,50)(H,43,49)(H,44,48)(H,45,51)/t28-,29-,30-,31-,37-/m0/s1. The number of imidazole rings is 1. The molecule has 16 heteroatoms. The van der Waals surface area contributed by atoms with E-state index in [-0.39, 0.29) is 31.2 Å². The van der Waals surface area contributed by atoms with Gasteiger partial charge in [0.1, 0.15) is 17.7 Å². The van der Waals surface area contributed by atoms with Crippen molar-refractivity contribution < 1.29 is 34.1 Å². The van der Waals surface area contributed by atoms with E-state index in [0.29, 0.717) is 12.1 Å². The molecule has 1 heterocycles. The lowest BCUT2D eigenvalue weighted by molar-refractivity contribution is -0.143. The third kappa shape index (κ3) is 15.1. The van der Waals surface area contributed by atoms with Crippen LogP contribution in [0.3, 0.4) is 0 Å². The Balaban J connectivity index is 1.90. The van der Waals surface area contributed by atoms with E-state index >= 15 is 0 Å². The number of carbonyl (C=O) groups is 4. The molecule has 1 aromatic carbocycles. The van der Waals surface area contributed by atoms with Gasteiger partial charge in [0, 0.05) is 42.6 Å². The summed E-state index contributed by atoms with van der Waals surface area (Å²) in [5, 5.41) is 37.6. The lowest BCUT2D eigenvalue weighted by Crippen LogP contribution is -2.59. The van der Waals surface area contributed by atoms with Crippen LogP contribution in [-0.4, -0.2) is 92.5 Å². The first-order valence-electron chi connectivity index (χ1n) is 18.4. The van der Waals surface area contributed by atoms with Gasteiger partial charge in [-0.15, -0.1) is 0 Å². The summed E-state index contributed by atoms with van der Waals surface area (Å²) in [6.45, 7) is 8.51. The van der Waals surface area contributed by atoms with Gasteiger partial charge in [0.15, 0.2) is 5.60 Å². The second kappa shape index (κ2) is 20.5. The number of nitrogens with zero attached hydrogens (tertiary/aromatic N) is 4. The van der Waals surface area contributed by atoms with Crippen LogP contribution in [-0.2, 0) is 32.0 Å². The van der Waals surface area contributed by atoms with Gasteiger partial charge in [-0.05, 0) is 50.1 Å². The number of H-pyrrole nitrogens is 1. The molecule has 1 aromatic heterocycles. The van der Waals surface area contributed by atoms with E-state index in [1.54, 1.807) is 20.8 Å². The van der Waals surface area contributed by atoms with Crippen LogP contribution >= 0.6 is 0 Å². The van der Waals surface area contributed by atoms with Crippen molar-refractivity contribution in [1.82, 2.24) is 31.2 Å². The van der Waals surface area contributed by atoms with Gasteiger partial charge in [-0.25, -0.2) is 9.78 Å². The fourth-order valence-corrected chi connectivity index (χ4v) is 6.31. The molecule has 0 bridgehead atoms. The Morgan fingerprint density at radius 3 is 2.28 bits per heavy atom. The highest BCUT2D eigenvalue weighted by atomic mass is 16.6. The van der Waals surface area contributed by atoms with E-state index in [1.165, 1.54) is 12.5 Å². The normalized spacial score (nSPS) is 16.9. The molecule has 16 nitrogen and oxygen atoms in total. The molecule has 0 radical (unpaired) electrons. The first-order valence-corrected chi connectivity index (χ1v) is 18.4. The Bertz CT molecular complexity index is 1500. The quantitative estimate of drug-likeness (QED) is 0.0636. The number of carbonyl (C=O) groups excluding carboxylic acids is 4. The molecule has 1 aliphatic carbocycles. The van der Waals surface area contributed by atoms with Gasteiger partial charge in [0.05, 0.1) is 25.0 Å². The van der Waals surface area contributed by atoms with Crippen LogP contribution < -0.4 is 21.3 Å². The molecule has 2 aromatic rings. The Morgan fingerprint density at radius 2 is 1.68 bits per heavy atom. The number of alkyl carbamates (subject to hydrolysis) is 1. The topological polar surface area (TPSA) is 244 Å². The van der Waals surface area contributed by atoms with Gasteiger partial charge >= 0.3 is 6.09 Å². The molecule has 292 valence electrons. The Hall–Kier alpha value is -4.66. The number of aliphatic hydroxyl groups excluding tert-OH is 1. The highest BCUT2D eigenvalue weighted by molar-refractivity contribution is 5.92. The number of nitrogens with one attached hydrogen (secondary N) is 5. The molecule has 0 saturated heterocycles. The second-order valence-electron chi connectivity index (χ2n) is 15.4. The minimum atomic E-state index is -2.25. The number of hydrogen-bond donors (Lipinski definition) is 7. The van der Waals surface area contributed by atoms with Crippen molar-refractivity contribution in [2.75, 3.05) is 13.1 Å². The minimum absolute atomic E-state index is 0.00720. The summed E-state index contributed by atoms with van der Waals surface area (Å²) in [6, 6.07) is 5.83. The fraction of sp³-hybridized carbons (Fsp3) is 0.649. The van der Waals surface area contributed by atoms with Gasteiger partial charge in [0.2, 0.25) is 11.8 Å².